The summed E-state index contributed by atoms with van der Waals surface area (Å²) in [7, 11) is 0. The molecule has 0 amide bonds. The molecule has 0 saturated heterocycles. The highest BCUT2D eigenvalue weighted by Crippen LogP contribution is 2.17. The molecule has 0 bridgehead atoms. The Morgan fingerprint density at radius 3 is 3.00 bits per heavy atom. The van der Waals surface area contributed by atoms with E-state index in [0.29, 0.717) is 11.3 Å². The molecule has 4 nitrogen and oxygen atoms in total. The van der Waals surface area contributed by atoms with Gasteiger partial charge in [0.25, 0.3) is 0 Å². The van der Waals surface area contributed by atoms with Gasteiger partial charge >= 0.3 is 5.97 Å². The van der Waals surface area contributed by atoms with E-state index in [1.54, 1.807) is 12.1 Å². The molecule has 1 aromatic rings. The van der Waals surface area contributed by atoms with Gasteiger partial charge in [0, 0.05) is 12.0 Å². The second-order valence-corrected chi connectivity index (χ2v) is 3.18. The molecule has 2 rings (SSSR count). The summed E-state index contributed by atoms with van der Waals surface area (Å²) in [6, 6.07) is 5.82. The summed E-state index contributed by atoms with van der Waals surface area (Å²) >= 11 is 0. The minimum atomic E-state index is -1.06. The van der Waals surface area contributed by atoms with Gasteiger partial charge < -0.3 is 9.94 Å². The summed E-state index contributed by atoms with van der Waals surface area (Å²) in [5.74, 6) is -1.45. The van der Waals surface area contributed by atoms with Crippen molar-refractivity contribution in [2.24, 2.45) is 5.16 Å². The minimum absolute atomic E-state index is 0.165. The molecule has 0 saturated carbocycles. The fourth-order valence-electron chi connectivity index (χ4n) is 1.35. The predicted octanol–water partition coefficient (Wildman–Crippen LogP) is 1.40. The lowest BCUT2D eigenvalue weighted by Crippen LogP contribution is -2.19. The molecular weight excluding hydrogens is 201 g/mol. The molecule has 5 heteroatoms. The van der Waals surface area contributed by atoms with Crippen LogP contribution < -0.4 is 0 Å². The quantitative estimate of drug-likeness (QED) is 0.800. The molecule has 1 aromatic carbocycles. The van der Waals surface area contributed by atoms with Crippen LogP contribution in [0, 0.1) is 5.82 Å². The average molecular weight is 209 g/mol. The maximum atomic E-state index is 12.9. The summed E-state index contributed by atoms with van der Waals surface area (Å²) < 4.78 is 12.9. The topological polar surface area (TPSA) is 58.9 Å². The molecular formula is C10H8FNO3. The molecule has 0 unspecified atom stereocenters. The molecule has 0 aromatic heterocycles. The zero-order chi connectivity index (χ0) is 10.8. The number of hydrogen-bond acceptors (Lipinski definition) is 3. The number of benzene rings is 1. The van der Waals surface area contributed by atoms with Crippen LogP contribution in [0.5, 0.6) is 0 Å². The molecule has 1 N–H and O–H groups in total. The van der Waals surface area contributed by atoms with E-state index in [2.05, 4.69) is 9.99 Å². The molecule has 1 heterocycles. The number of oxime groups is 1. The summed E-state index contributed by atoms with van der Waals surface area (Å²) in [5.41, 5.74) is 1.01. The van der Waals surface area contributed by atoms with Crippen molar-refractivity contribution in [2.75, 3.05) is 0 Å². The zero-order valence-electron chi connectivity index (χ0n) is 7.68. The van der Waals surface area contributed by atoms with Gasteiger partial charge in [-0.25, -0.2) is 9.18 Å². The lowest BCUT2D eigenvalue weighted by atomic mass is 10.1. The molecule has 15 heavy (non-hydrogen) atoms. The Labute approximate surface area is 85.0 Å². The van der Waals surface area contributed by atoms with Crippen LogP contribution in [0.4, 0.5) is 4.39 Å². The van der Waals surface area contributed by atoms with Crippen molar-refractivity contribution >= 4 is 11.7 Å². The monoisotopic (exact) mass is 209 g/mol. The van der Waals surface area contributed by atoms with Crippen LogP contribution in [0.25, 0.3) is 0 Å². The number of hydrogen-bond donors (Lipinski definition) is 1. The van der Waals surface area contributed by atoms with E-state index in [4.69, 9.17) is 5.11 Å². The van der Waals surface area contributed by atoms with Crippen molar-refractivity contribution in [1.82, 2.24) is 0 Å². The van der Waals surface area contributed by atoms with Gasteiger partial charge in [0.1, 0.15) is 5.82 Å². The van der Waals surface area contributed by atoms with Gasteiger partial charge in [-0.3, -0.25) is 0 Å². The molecule has 1 atom stereocenters. The van der Waals surface area contributed by atoms with Gasteiger partial charge in [-0.15, -0.1) is 0 Å². The summed E-state index contributed by atoms with van der Waals surface area (Å²) in [6.07, 6.45) is -0.790. The first-order valence-corrected chi connectivity index (χ1v) is 4.38. The average Bonchev–Trinajstić information content (AvgIpc) is 2.66. The number of carbonyl (C=O) groups is 1. The van der Waals surface area contributed by atoms with Crippen molar-refractivity contribution in [2.45, 2.75) is 12.5 Å². The second-order valence-electron chi connectivity index (χ2n) is 3.18. The number of nitrogens with zero attached hydrogens (tertiary/aromatic N) is 1. The van der Waals surface area contributed by atoms with E-state index in [9.17, 15) is 9.18 Å². The normalized spacial score (nSPS) is 19.5. The van der Waals surface area contributed by atoms with Crippen LogP contribution in [0.1, 0.15) is 12.0 Å². The van der Waals surface area contributed by atoms with Crippen molar-refractivity contribution in [3.8, 4) is 0 Å². The van der Waals surface area contributed by atoms with Crippen LogP contribution in [0.15, 0.2) is 29.4 Å². The van der Waals surface area contributed by atoms with Crippen molar-refractivity contribution < 1.29 is 19.1 Å². The van der Waals surface area contributed by atoms with E-state index in [-0.39, 0.29) is 12.2 Å². The van der Waals surface area contributed by atoms with Gasteiger partial charge in [0.2, 0.25) is 6.10 Å². The van der Waals surface area contributed by atoms with E-state index < -0.39 is 12.1 Å². The first kappa shape index (κ1) is 9.64. The third kappa shape index (κ3) is 1.96. The maximum absolute atomic E-state index is 12.9. The van der Waals surface area contributed by atoms with Crippen LogP contribution in [-0.4, -0.2) is 22.9 Å². The lowest BCUT2D eigenvalue weighted by molar-refractivity contribution is -0.148. The van der Waals surface area contributed by atoms with Crippen LogP contribution >= 0.6 is 0 Å². The zero-order valence-corrected chi connectivity index (χ0v) is 7.68. The molecule has 1 aliphatic rings. The SMILES string of the molecule is O=C(O)[C@@H]1CC(c2cccc(F)c2)=NO1. The van der Waals surface area contributed by atoms with E-state index in [0.717, 1.165) is 0 Å². The molecule has 0 fully saturated rings. The number of rotatable bonds is 2. The van der Waals surface area contributed by atoms with E-state index in [1.165, 1.54) is 12.1 Å². The number of carboxylic acids is 1. The summed E-state index contributed by atoms with van der Waals surface area (Å²) in [5, 5.41) is 12.3. The number of aliphatic carboxylic acids is 1. The second kappa shape index (κ2) is 3.68. The summed E-state index contributed by atoms with van der Waals surface area (Å²) in [6.45, 7) is 0. The highest BCUT2D eigenvalue weighted by Gasteiger charge is 2.28. The predicted molar refractivity (Wildman–Crippen MR) is 50.1 cm³/mol. The number of carboxylic acid groups (broad SMARTS) is 1. The lowest BCUT2D eigenvalue weighted by Gasteiger charge is -2.00. The highest BCUT2D eigenvalue weighted by molar-refractivity contribution is 6.03. The first-order valence-electron chi connectivity index (χ1n) is 4.38. The van der Waals surface area contributed by atoms with Gasteiger partial charge in [-0.2, -0.15) is 0 Å². The number of halogens is 1. The van der Waals surface area contributed by atoms with Gasteiger partial charge in [-0.05, 0) is 12.1 Å². The largest absolute Gasteiger partial charge is 0.478 e. The Bertz CT molecular complexity index is 430. The summed E-state index contributed by atoms with van der Waals surface area (Å²) in [4.78, 5) is 15.3. The first-order chi connectivity index (χ1) is 7.16. The molecule has 0 spiro atoms. The Kier molecular flexibility index (Phi) is 2.37. The fourth-order valence-corrected chi connectivity index (χ4v) is 1.35. The van der Waals surface area contributed by atoms with Crippen LogP contribution in [0.2, 0.25) is 0 Å². The van der Waals surface area contributed by atoms with Gasteiger partial charge in [0.15, 0.2) is 0 Å². The van der Waals surface area contributed by atoms with Gasteiger partial charge in [-0.1, -0.05) is 17.3 Å². The van der Waals surface area contributed by atoms with Crippen molar-refractivity contribution in [3.05, 3.63) is 35.6 Å². The Morgan fingerprint density at radius 2 is 2.40 bits per heavy atom. The fraction of sp³-hybridized carbons (Fsp3) is 0.200. The Morgan fingerprint density at radius 1 is 1.60 bits per heavy atom. The Hall–Kier alpha value is -1.91. The molecule has 1 aliphatic heterocycles. The molecule has 0 aliphatic carbocycles. The third-order valence-electron chi connectivity index (χ3n) is 2.10. The van der Waals surface area contributed by atoms with Crippen LogP contribution in [-0.2, 0) is 9.63 Å². The minimum Gasteiger partial charge on any atom is -0.478 e. The molecule has 0 radical (unpaired) electrons. The van der Waals surface area contributed by atoms with Crippen molar-refractivity contribution in [1.29, 1.82) is 0 Å². The van der Waals surface area contributed by atoms with E-state index in [1.807, 2.05) is 0 Å². The smallest absolute Gasteiger partial charge is 0.348 e. The highest BCUT2D eigenvalue weighted by atomic mass is 19.1. The Balaban J connectivity index is 2.17. The molecule has 78 valence electrons. The standard InChI is InChI=1S/C10H8FNO3/c11-7-3-1-2-6(4-7)8-5-9(10(13)14)15-12-8/h1-4,9H,5H2,(H,13,14)/t9-/m0/s1. The van der Waals surface area contributed by atoms with Crippen molar-refractivity contribution in [3.63, 3.8) is 0 Å². The van der Waals surface area contributed by atoms with Crippen LogP contribution in [0.3, 0.4) is 0 Å². The third-order valence-corrected chi connectivity index (χ3v) is 2.10. The van der Waals surface area contributed by atoms with Gasteiger partial charge in [0.05, 0.1) is 5.71 Å². The van der Waals surface area contributed by atoms with E-state index >= 15 is 0 Å². The maximum Gasteiger partial charge on any atom is 0.348 e.